The first-order chi connectivity index (χ1) is 10.2. The van der Waals surface area contributed by atoms with Crippen LogP contribution in [-0.4, -0.2) is 25.3 Å². The van der Waals surface area contributed by atoms with E-state index >= 15 is 0 Å². The summed E-state index contributed by atoms with van der Waals surface area (Å²) < 4.78 is 16.5. The molecule has 0 aliphatic heterocycles. The lowest BCUT2D eigenvalue weighted by atomic mass is 10.2. The SMILES string of the molecule is COc1cc(C(N)=S)ccc1OCCOc1ccccc1. The molecule has 0 fully saturated rings. The fourth-order valence-corrected chi connectivity index (χ4v) is 1.89. The second-order valence-electron chi connectivity index (χ2n) is 4.24. The van der Waals surface area contributed by atoms with Crippen molar-refractivity contribution in [1.29, 1.82) is 0 Å². The van der Waals surface area contributed by atoms with Crippen LogP contribution < -0.4 is 19.9 Å². The van der Waals surface area contributed by atoms with Crippen LogP contribution in [0, 0.1) is 0 Å². The maximum absolute atomic E-state index is 5.65. The molecule has 0 atom stereocenters. The molecule has 0 unspecified atom stereocenters. The highest BCUT2D eigenvalue weighted by molar-refractivity contribution is 7.80. The minimum absolute atomic E-state index is 0.326. The van der Waals surface area contributed by atoms with Gasteiger partial charge in [-0.1, -0.05) is 30.4 Å². The lowest BCUT2D eigenvalue weighted by Crippen LogP contribution is -2.11. The molecular weight excluding hydrogens is 286 g/mol. The summed E-state index contributed by atoms with van der Waals surface area (Å²) >= 11 is 4.93. The molecule has 0 radical (unpaired) electrons. The van der Waals surface area contributed by atoms with E-state index in [9.17, 15) is 0 Å². The lowest BCUT2D eigenvalue weighted by Gasteiger charge is -2.12. The van der Waals surface area contributed by atoms with Gasteiger partial charge in [0, 0.05) is 5.56 Å². The second-order valence-corrected chi connectivity index (χ2v) is 4.68. The van der Waals surface area contributed by atoms with Crippen LogP contribution >= 0.6 is 12.2 Å². The first-order valence-corrected chi connectivity index (χ1v) is 6.90. The minimum atomic E-state index is 0.326. The van der Waals surface area contributed by atoms with Gasteiger partial charge in [-0.3, -0.25) is 0 Å². The Morgan fingerprint density at radius 2 is 1.71 bits per heavy atom. The van der Waals surface area contributed by atoms with Crippen LogP contribution in [-0.2, 0) is 0 Å². The van der Waals surface area contributed by atoms with Gasteiger partial charge in [-0.15, -0.1) is 0 Å². The molecule has 2 aromatic carbocycles. The van der Waals surface area contributed by atoms with Gasteiger partial charge in [0.1, 0.15) is 24.0 Å². The van der Waals surface area contributed by atoms with Crippen molar-refractivity contribution in [3.8, 4) is 17.2 Å². The number of hydrogen-bond donors (Lipinski definition) is 1. The summed E-state index contributed by atoms with van der Waals surface area (Å²) in [4.78, 5) is 0.326. The minimum Gasteiger partial charge on any atom is -0.493 e. The molecular formula is C16H17NO3S. The topological polar surface area (TPSA) is 53.7 Å². The highest BCUT2D eigenvalue weighted by Crippen LogP contribution is 2.28. The smallest absolute Gasteiger partial charge is 0.161 e. The van der Waals surface area contributed by atoms with Crippen LogP contribution in [0.5, 0.6) is 17.2 Å². The predicted molar refractivity (Wildman–Crippen MR) is 86.3 cm³/mol. The summed E-state index contributed by atoms with van der Waals surface area (Å²) in [6.07, 6.45) is 0. The zero-order chi connectivity index (χ0) is 15.1. The van der Waals surface area contributed by atoms with Crippen LogP contribution in [0.1, 0.15) is 5.56 Å². The molecule has 2 aromatic rings. The van der Waals surface area contributed by atoms with Gasteiger partial charge in [-0.2, -0.15) is 0 Å². The third-order valence-electron chi connectivity index (χ3n) is 2.80. The molecule has 0 amide bonds. The summed E-state index contributed by atoms with van der Waals surface area (Å²) in [6.45, 7) is 0.863. The van der Waals surface area contributed by atoms with E-state index in [1.807, 2.05) is 30.3 Å². The van der Waals surface area contributed by atoms with E-state index in [1.54, 1.807) is 25.3 Å². The molecule has 21 heavy (non-hydrogen) atoms. The summed E-state index contributed by atoms with van der Waals surface area (Å²) in [6, 6.07) is 14.9. The summed E-state index contributed by atoms with van der Waals surface area (Å²) in [5.41, 5.74) is 6.33. The molecule has 2 rings (SSSR count). The fraction of sp³-hybridized carbons (Fsp3) is 0.188. The zero-order valence-electron chi connectivity index (χ0n) is 11.7. The van der Waals surface area contributed by atoms with Gasteiger partial charge in [-0.25, -0.2) is 0 Å². The van der Waals surface area contributed by atoms with Gasteiger partial charge in [0.15, 0.2) is 11.5 Å². The van der Waals surface area contributed by atoms with Crippen molar-refractivity contribution < 1.29 is 14.2 Å². The Kier molecular flexibility index (Phi) is 5.40. The zero-order valence-corrected chi connectivity index (χ0v) is 12.6. The number of ether oxygens (including phenoxy) is 3. The fourth-order valence-electron chi connectivity index (χ4n) is 1.77. The molecule has 0 saturated carbocycles. The van der Waals surface area contributed by atoms with Crippen molar-refractivity contribution in [2.45, 2.75) is 0 Å². The van der Waals surface area contributed by atoms with Crippen LogP contribution in [0.2, 0.25) is 0 Å². The quantitative estimate of drug-likeness (QED) is 0.629. The second kappa shape index (κ2) is 7.50. The maximum Gasteiger partial charge on any atom is 0.161 e. The van der Waals surface area contributed by atoms with Crippen LogP contribution in [0.4, 0.5) is 0 Å². The molecule has 0 bridgehead atoms. The summed E-state index contributed by atoms with van der Waals surface area (Å²) in [5, 5.41) is 0. The standard InChI is InChI=1S/C16H17NO3S/c1-18-15-11-12(16(17)21)7-8-14(15)20-10-9-19-13-5-3-2-4-6-13/h2-8,11H,9-10H2,1H3,(H2,17,21). The van der Waals surface area contributed by atoms with E-state index in [0.29, 0.717) is 29.7 Å². The van der Waals surface area contributed by atoms with Crippen molar-refractivity contribution in [2.75, 3.05) is 20.3 Å². The Labute approximate surface area is 129 Å². The van der Waals surface area contributed by atoms with E-state index in [2.05, 4.69) is 0 Å². The number of nitrogens with two attached hydrogens (primary N) is 1. The Morgan fingerprint density at radius 3 is 2.38 bits per heavy atom. The Balaban J connectivity index is 1.89. The Bertz CT molecular complexity index is 602. The lowest BCUT2D eigenvalue weighted by molar-refractivity contribution is 0.211. The van der Waals surface area contributed by atoms with Gasteiger partial charge in [0.05, 0.1) is 7.11 Å². The van der Waals surface area contributed by atoms with E-state index < -0.39 is 0 Å². The van der Waals surface area contributed by atoms with E-state index in [4.69, 9.17) is 32.2 Å². The van der Waals surface area contributed by atoms with Gasteiger partial charge < -0.3 is 19.9 Å². The molecule has 0 saturated heterocycles. The Morgan fingerprint density at radius 1 is 1.00 bits per heavy atom. The normalized spacial score (nSPS) is 9.95. The molecule has 4 nitrogen and oxygen atoms in total. The van der Waals surface area contributed by atoms with E-state index in [-0.39, 0.29) is 0 Å². The third-order valence-corrected chi connectivity index (χ3v) is 3.04. The van der Waals surface area contributed by atoms with Crippen molar-refractivity contribution >= 4 is 17.2 Å². The van der Waals surface area contributed by atoms with E-state index in [0.717, 1.165) is 11.3 Å². The van der Waals surface area contributed by atoms with Crippen LogP contribution in [0.25, 0.3) is 0 Å². The third kappa shape index (κ3) is 4.36. The monoisotopic (exact) mass is 303 g/mol. The Hall–Kier alpha value is -2.27. The maximum atomic E-state index is 5.65. The largest absolute Gasteiger partial charge is 0.493 e. The molecule has 0 spiro atoms. The van der Waals surface area contributed by atoms with Crippen LogP contribution in [0.15, 0.2) is 48.5 Å². The molecule has 5 heteroatoms. The molecule has 0 aliphatic carbocycles. The number of thiocarbonyl (C=S) groups is 1. The predicted octanol–water partition coefficient (Wildman–Crippen LogP) is 2.79. The molecule has 110 valence electrons. The van der Waals surface area contributed by atoms with Crippen LogP contribution in [0.3, 0.4) is 0 Å². The number of rotatable bonds is 7. The van der Waals surface area contributed by atoms with Crippen molar-refractivity contribution in [1.82, 2.24) is 0 Å². The highest BCUT2D eigenvalue weighted by atomic mass is 32.1. The number of hydrogen-bond acceptors (Lipinski definition) is 4. The number of methoxy groups -OCH3 is 1. The first kappa shape index (κ1) is 15.1. The van der Waals surface area contributed by atoms with Crippen molar-refractivity contribution in [3.63, 3.8) is 0 Å². The summed E-state index contributed by atoms with van der Waals surface area (Å²) in [7, 11) is 1.58. The van der Waals surface area contributed by atoms with Gasteiger partial charge in [0.25, 0.3) is 0 Å². The molecule has 0 heterocycles. The number of benzene rings is 2. The first-order valence-electron chi connectivity index (χ1n) is 6.49. The van der Waals surface area contributed by atoms with Gasteiger partial charge >= 0.3 is 0 Å². The average molecular weight is 303 g/mol. The summed E-state index contributed by atoms with van der Waals surface area (Å²) in [5.74, 6) is 2.05. The molecule has 0 aliphatic rings. The molecule has 0 aromatic heterocycles. The van der Waals surface area contributed by atoms with Crippen molar-refractivity contribution in [2.24, 2.45) is 5.73 Å². The number of para-hydroxylation sites is 1. The van der Waals surface area contributed by atoms with E-state index in [1.165, 1.54) is 0 Å². The average Bonchev–Trinajstić information content (AvgIpc) is 2.52. The van der Waals surface area contributed by atoms with Crippen molar-refractivity contribution in [3.05, 3.63) is 54.1 Å². The van der Waals surface area contributed by atoms with Gasteiger partial charge in [-0.05, 0) is 30.3 Å². The van der Waals surface area contributed by atoms with Gasteiger partial charge in [0.2, 0.25) is 0 Å². The molecule has 2 N–H and O–H groups in total. The highest BCUT2D eigenvalue weighted by Gasteiger charge is 2.07.